The van der Waals surface area contributed by atoms with Gasteiger partial charge >= 0.3 is 5.97 Å². The number of benzene rings is 2. The first-order valence-corrected chi connectivity index (χ1v) is 8.38. The van der Waals surface area contributed by atoms with Crippen molar-refractivity contribution in [2.75, 3.05) is 11.5 Å². The lowest BCUT2D eigenvalue weighted by Crippen LogP contribution is -2.15. The maximum absolute atomic E-state index is 13.7. The molecule has 0 spiro atoms. The molecular formula is C17H17FO3S. The number of carboxylic acid groups (broad SMARTS) is 1. The minimum absolute atomic E-state index is 0.0187. The van der Waals surface area contributed by atoms with Gasteiger partial charge in [0.25, 0.3) is 0 Å². The van der Waals surface area contributed by atoms with Crippen LogP contribution in [0.3, 0.4) is 0 Å². The molecule has 2 aromatic rings. The molecule has 22 heavy (non-hydrogen) atoms. The summed E-state index contributed by atoms with van der Waals surface area (Å²) >= 11 is 0. The van der Waals surface area contributed by atoms with Crippen LogP contribution in [0.5, 0.6) is 0 Å². The van der Waals surface area contributed by atoms with E-state index < -0.39 is 16.8 Å². The Balaban J connectivity index is 2.10. The summed E-state index contributed by atoms with van der Waals surface area (Å²) in [4.78, 5) is 10.5. The van der Waals surface area contributed by atoms with Gasteiger partial charge in [-0.25, -0.2) is 4.39 Å². The molecule has 2 unspecified atom stereocenters. The van der Waals surface area contributed by atoms with Crippen molar-refractivity contribution in [3.05, 3.63) is 59.9 Å². The number of halogens is 1. The molecule has 0 aromatic heterocycles. The Bertz CT molecular complexity index is 683. The third kappa shape index (κ3) is 4.24. The number of carboxylic acids is 1. The quantitative estimate of drug-likeness (QED) is 0.887. The van der Waals surface area contributed by atoms with Gasteiger partial charge in [-0.05, 0) is 23.1 Å². The molecule has 0 radical (unpaired) electrons. The molecule has 0 fully saturated rings. The van der Waals surface area contributed by atoms with Gasteiger partial charge in [0.05, 0.1) is 0 Å². The van der Waals surface area contributed by atoms with Crippen LogP contribution in [-0.2, 0) is 15.6 Å². The zero-order valence-corrected chi connectivity index (χ0v) is 13.0. The molecule has 0 saturated heterocycles. The fourth-order valence-electron chi connectivity index (χ4n) is 2.26. The van der Waals surface area contributed by atoms with Gasteiger partial charge < -0.3 is 5.11 Å². The lowest BCUT2D eigenvalue weighted by molar-refractivity contribution is -0.133. The van der Waals surface area contributed by atoms with Crippen molar-refractivity contribution in [3.63, 3.8) is 0 Å². The normalized spacial score (nSPS) is 13.5. The smallest absolute Gasteiger partial charge is 0.316 e. The monoisotopic (exact) mass is 320 g/mol. The van der Waals surface area contributed by atoms with Gasteiger partial charge in [0.1, 0.15) is 11.6 Å². The van der Waals surface area contributed by atoms with E-state index in [9.17, 15) is 13.4 Å². The van der Waals surface area contributed by atoms with Crippen molar-refractivity contribution in [2.45, 2.75) is 12.8 Å². The van der Waals surface area contributed by atoms with E-state index in [1.165, 1.54) is 6.07 Å². The highest BCUT2D eigenvalue weighted by molar-refractivity contribution is 7.85. The van der Waals surface area contributed by atoms with Crippen LogP contribution in [-0.4, -0.2) is 26.8 Å². The van der Waals surface area contributed by atoms with E-state index in [4.69, 9.17) is 5.11 Å². The predicted octanol–water partition coefficient (Wildman–Crippen LogP) is 3.43. The summed E-state index contributed by atoms with van der Waals surface area (Å²) in [5.41, 5.74) is 2.27. The molecule has 0 aliphatic heterocycles. The molecular weight excluding hydrogens is 303 g/mol. The lowest BCUT2D eigenvalue weighted by Gasteiger charge is -2.12. The first-order valence-electron chi connectivity index (χ1n) is 6.89. The number of hydrogen-bond acceptors (Lipinski definition) is 2. The number of rotatable bonds is 6. The molecule has 5 heteroatoms. The average Bonchev–Trinajstić information content (AvgIpc) is 2.47. The minimum Gasteiger partial charge on any atom is -0.481 e. The van der Waals surface area contributed by atoms with Crippen LogP contribution in [0.25, 0.3) is 11.1 Å². The summed E-state index contributed by atoms with van der Waals surface area (Å²) in [5.74, 6) is -1.38. The summed E-state index contributed by atoms with van der Waals surface area (Å²) in [5, 5.41) is 8.63. The van der Waals surface area contributed by atoms with Crippen molar-refractivity contribution in [3.8, 4) is 11.1 Å². The second-order valence-corrected chi connectivity index (χ2v) is 6.65. The molecule has 0 amide bonds. The van der Waals surface area contributed by atoms with E-state index in [-0.39, 0.29) is 17.5 Å². The van der Waals surface area contributed by atoms with Gasteiger partial charge in [-0.3, -0.25) is 9.00 Å². The molecule has 3 nitrogen and oxygen atoms in total. The number of aliphatic carboxylic acids is 1. The van der Waals surface area contributed by atoms with Crippen LogP contribution in [0.4, 0.5) is 4.39 Å². The van der Waals surface area contributed by atoms with Crippen molar-refractivity contribution in [1.82, 2.24) is 0 Å². The summed E-state index contributed by atoms with van der Waals surface area (Å²) < 4.78 is 25.4. The first-order chi connectivity index (χ1) is 10.5. The molecule has 0 aliphatic carbocycles. The highest BCUT2D eigenvalue weighted by atomic mass is 32.2. The van der Waals surface area contributed by atoms with Gasteiger partial charge in [0.15, 0.2) is 0 Å². The Morgan fingerprint density at radius 1 is 1.18 bits per heavy atom. The fraction of sp³-hybridized carbons (Fsp3) is 0.235. The third-order valence-corrected chi connectivity index (χ3v) is 4.83. The van der Waals surface area contributed by atoms with E-state index in [1.54, 1.807) is 18.2 Å². The molecule has 2 rings (SSSR count). The Morgan fingerprint density at radius 3 is 2.41 bits per heavy atom. The molecule has 0 aliphatic rings. The van der Waals surface area contributed by atoms with Crippen molar-refractivity contribution < 1.29 is 18.5 Å². The van der Waals surface area contributed by atoms with Crippen molar-refractivity contribution in [1.29, 1.82) is 0 Å². The Morgan fingerprint density at radius 2 is 1.82 bits per heavy atom. The van der Waals surface area contributed by atoms with E-state index in [2.05, 4.69) is 0 Å². The van der Waals surface area contributed by atoms with E-state index >= 15 is 0 Å². The van der Waals surface area contributed by atoms with Crippen LogP contribution >= 0.6 is 0 Å². The van der Waals surface area contributed by atoms with E-state index in [0.717, 1.165) is 11.1 Å². The van der Waals surface area contributed by atoms with Crippen molar-refractivity contribution in [2.24, 2.45) is 0 Å². The van der Waals surface area contributed by atoms with Gasteiger partial charge in [0.2, 0.25) is 0 Å². The zero-order valence-electron chi connectivity index (χ0n) is 12.2. The largest absolute Gasteiger partial charge is 0.481 e. The maximum atomic E-state index is 13.7. The molecule has 2 aromatic carbocycles. The predicted molar refractivity (Wildman–Crippen MR) is 85.8 cm³/mol. The Hall–Kier alpha value is -2.01. The second kappa shape index (κ2) is 7.31. The minimum atomic E-state index is -1.39. The van der Waals surface area contributed by atoms with Crippen LogP contribution < -0.4 is 0 Å². The Labute approximate surface area is 131 Å². The van der Waals surface area contributed by atoms with E-state index in [1.807, 2.05) is 31.2 Å². The summed E-state index contributed by atoms with van der Waals surface area (Å²) in [6.45, 7) is 1.90. The van der Waals surface area contributed by atoms with Crippen molar-refractivity contribution >= 4 is 16.8 Å². The molecule has 0 saturated carbocycles. The van der Waals surface area contributed by atoms with Gasteiger partial charge in [-0.2, -0.15) is 0 Å². The van der Waals surface area contributed by atoms with Crippen LogP contribution in [0.2, 0.25) is 0 Å². The van der Waals surface area contributed by atoms with Gasteiger partial charge in [0, 0.05) is 22.1 Å². The average molecular weight is 320 g/mol. The SMILES string of the molecule is CC(CS(=O)CC(=O)O)c1ccc(-c2ccccc2F)cc1. The third-order valence-electron chi connectivity index (χ3n) is 3.38. The molecule has 2 atom stereocenters. The van der Waals surface area contributed by atoms with E-state index in [0.29, 0.717) is 11.3 Å². The standard InChI is InChI=1S/C17H17FO3S/c1-12(10-22(21)11-17(19)20)13-6-8-14(9-7-13)15-4-2-3-5-16(15)18/h2-9,12H,10-11H2,1H3,(H,19,20). The van der Waals surface area contributed by atoms with Crippen LogP contribution in [0, 0.1) is 5.82 Å². The molecule has 0 bridgehead atoms. The molecule has 0 heterocycles. The second-order valence-electron chi connectivity index (χ2n) is 5.15. The topological polar surface area (TPSA) is 54.4 Å². The highest BCUT2D eigenvalue weighted by Gasteiger charge is 2.13. The number of carbonyl (C=O) groups is 1. The van der Waals surface area contributed by atoms with Gasteiger partial charge in [-0.1, -0.05) is 49.4 Å². The summed E-state index contributed by atoms with van der Waals surface area (Å²) in [6, 6.07) is 13.9. The lowest BCUT2D eigenvalue weighted by atomic mass is 9.98. The zero-order chi connectivity index (χ0) is 16.1. The van der Waals surface area contributed by atoms with Gasteiger partial charge in [-0.15, -0.1) is 0 Å². The first kappa shape index (κ1) is 16.4. The maximum Gasteiger partial charge on any atom is 0.316 e. The summed E-state index contributed by atoms with van der Waals surface area (Å²) in [7, 11) is -1.39. The van der Waals surface area contributed by atoms with Crippen LogP contribution in [0.1, 0.15) is 18.4 Å². The highest BCUT2D eigenvalue weighted by Crippen LogP contribution is 2.25. The number of hydrogen-bond donors (Lipinski definition) is 1. The Kier molecular flexibility index (Phi) is 5.44. The fourth-order valence-corrected chi connectivity index (χ4v) is 3.40. The van der Waals surface area contributed by atoms with Crippen LogP contribution in [0.15, 0.2) is 48.5 Å². The molecule has 116 valence electrons. The summed E-state index contributed by atoms with van der Waals surface area (Å²) in [6.07, 6.45) is 0. The molecule has 1 N–H and O–H groups in total.